The zero-order chi connectivity index (χ0) is 19.4. The van der Waals surface area contributed by atoms with E-state index in [-0.39, 0.29) is 17.4 Å². The van der Waals surface area contributed by atoms with E-state index in [2.05, 4.69) is 11.4 Å². The van der Waals surface area contributed by atoms with Crippen LogP contribution in [0.4, 0.5) is 4.39 Å². The van der Waals surface area contributed by atoms with Crippen LogP contribution >= 0.6 is 23.1 Å². The van der Waals surface area contributed by atoms with E-state index in [1.165, 1.54) is 30.3 Å². The first-order valence-electron chi connectivity index (χ1n) is 9.51. The second-order valence-electron chi connectivity index (χ2n) is 7.09. The van der Waals surface area contributed by atoms with Crippen molar-refractivity contribution in [1.82, 2.24) is 5.32 Å². The van der Waals surface area contributed by atoms with E-state index >= 15 is 0 Å². The normalized spacial score (nSPS) is 18.0. The highest BCUT2D eigenvalue weighted by molar-refractivity contribution is 8.16. The molecule has 1 saturated carbocycles. The molecular formula is C21H22FN3OS2. The Hall–Kier alpha value is -1.99. The summed E-state index contributed by atoms with van der Waals surface area (Å²) in [6, 6.07) is 10.2. The molecule has 2 aromatic rings. The summed E-state index contributed by atoms with van der Waals surface area (Å²) in [6.45, 7) is 0.391. The third-order valence-corrected chi connectivity index (χ3v) is 6.83. The van der Waals surface area contributed by atoms with Gasteiger partial charge in [0, 0.05) is 6.54 Å². The molecule has 1 aliphatic heterocycles. The summed E-state index contributed by atoms with van der Waals surface area (Å²) >= 11 is 3.12. The van der Waals surface area contributed by atoms with Crippen molar-refractivity contribution in [2.75, 3.05) is 5.75 Å². The maximum atomic E-state index is 13.0. The molecule has 1 aromatic heterocycles. The van der Waals surface area contributed by atoms with Crippen LogP contribution in [-0.2, 0) is 11.3 Å². The van der Waals surface area contributed by atoms with Crippen LogP contribution in [0, 0.1) is 5.82 Å². The summed E-state index contributed by atoms with van der Waals surface area (Å²) in [5.74, 6) is -0.0467. The van der Waals surface area contributed by atoms with Crippen molar-refractivity contribution >= 4 is 39.8 Å². The first-order chi connectivity index (χ1) is 13.6. The Labute approximate surface area is 172 Å². The Kier molecular flexibility index (Phi) is 5.92. The first-order valence-corrected chi connectivity index (χ1v) is 11.4. The Morgan fingerprint density at radius 3 is 2.64 bits per heavy atom. The van der Waals surface area contributed by atoms with Crippen molar-refractivity contribution in [3.63, 3.8) is 0 Å². The van der Waals surface area contributed by atoms with Gasteiger partial charge in [-0.3, -0.25) is 9.79 Å². The fourth-order valence-electron chi connectivity index (χ4n) is 3.53. The predicted octanol–water partition coefficient (Wildman–Crippen LogP) is 4.80. The summed E-state index contributed by atoms with van der Waals surface area (Å²) < 4.78 is 13.0. The average Bonchev–Trinajstić information content (AvgIpc) is 3.35. The molecule has 1 N–H and O–H groups in total. The molecule has 1 amide bonds. The largest absolute Gasteiger partial charge is 0.351 e. The standard InChI is InChI=1S/C21H22FN3OS2/c22-16-8-6-15(7-9-16)13-23-18(26)14-28-20-19(17-5-4-12-27-17)24-21(25-20)10-2-1-3-11-21/h4-9,12H,1-3,10-11,13-14H2,(H,23,26). The van der Waals surface area contributed by atoms with Gasteiger partial charge < -0.3 is 5.32 Å². The number of halogens is 1. The molecule has 4 rings (SSSR count). The van der Waals surface area contributed by atoms with Crippen LogP contribution in [0.2, 0.25) is 0 Å². The summed E-state index contributed by atoms with van der Waals surface area (Å²) in [7, 11) is 0. The molecule has 28 heavy (non-hydrogen) atoms. The van der Waals surface area contributed by atoms with Crippen molar-refractivity contribution in [2.45, 2.75) is 44.3 Å². The molecule has 146 valence electrons. The Balaban J connectivity index is 1.39. The van der Waals surface area contributed by atoms with Gasteiger partial charge in [-0.15, -0.1) is 11.3 Å². The number of nitrogens with zero attached hydrogens (tertiary/aromatic N) is 2. The second kappa shape index (κ2) is 8.57. The highest BCUT2D eigenvalue weighted by Crippen LogP contribution is 2.39. The summed E-state index contributed by atoms with van der Waals surface area (Å²) in [6.07, 6.45) is 5.53. The highest BCUT2D eigenvalue weighted by Gasteiger charge is 2.38. The average molecular weight is 416 g/mol. The minimum atomic E-state index is -0.315. The molecular weight excluding hydrogens is 393 g/mol. The molecule has 1 aliphatic carbocycles. The number of carbonyl (C=O) groups is 1. The van der Waals surface area contributed by atoms with Crippen LogP contribution in [0.5, 0.6) is 0 Å². The van der Waals surface area contributed by atoms with Gasteiger partial charge >= 0.3 is 0 Å². The number of thiophene rings is 1. The van der Waals surface area contributed by atoms with Crippen molar-refractivity contribution in [3.8, 4) is 0 Å². The van der Waals surface area contributed by atoms with Gasteiger partial charge in [0.05, 0.1) is 10.6 Å². The zero-order valence-electron chi connectivity index (χ0n) is 15.5. The zero-order valence-corrected chi connectivity index (χ0v) is 17.1. The van der Waals surface area contributed by atoms with Crippen LogP contribution in [-0.4, -0.2) is 28.1 Å². The Morgan fingerprint density at radius 1 is 1.14 bits per heavy atom. The number of aliphatic imine (C=N–C) groups is 2. The van der Waals surface area contributed by atoms with Crippen molar-refractivity contribution in [3.05, 3.63) is 58.0 Å². The maximum absolute atomic E-state index is 13.0. The van der Waals surface area contributed by atoms with Gasteiger partial charge in [0.25, 0.3) is 0 Å². The van der Waals surface area contributed by atoms with E-state index in [1.807, 2.05) is 11.4 Å². The molecule has 0 unspecified atom stereocenters. The minimum absolute atomic E-state index is 0.0628. The highest BCUT2D eigenvalue weighted by atomic mass is 32.2. The van der Waals surface area contributed by atoms with E-state index in [9.17, 15) is 9.18 Å². The van der Waals surface area contributed by atoms with Gasteiger partial charge in [0.15, 0.2) is 5.66 Å². The molecule has 1 aromatic carbocycles. The molecule has 2 heterocycles. The molecule has 0 bridgehead atoms. The van der Waals surface area contributed by atoms with Crippen LogP contribution < -0.4 is 5.32 Å². The number of rotatable bonds is 5. The lowest BCUT2D eigenvalue weighted by Gasteiger charge is -2.27. The number of benzene rings is 1. The van der Waals surface area contributed by atoms with Crippen LogP contribution in [0.1, 0.15) is 42.5 Å². The van der Waals surface area contributed by atoms with Gasteiger partial charge in [0.1, 0.15) is 16.6 Å². The van der Waals surface area contributed by atoms with Crippen LogP contribution in [0.15, 0.2) is 51.8 Å². The van der Waals surface area contributed by atoms with E-state index in [0.29, 0.717) is 12.3 Å². The monoisotopic (exact) mass is 415 g/mol. The lowest BCUT2D eigenvalue weighted by atomic mass is 9.90. The summed E-state index contributed by atoms with van der Waals surface area (Å²) in [5, 5.41) is 5.81. The Morgan fingerprint density at radius 2 is 1.93 bits per heavy atom. The van der Waals surface area contributed by atoms with Gasteiger partial charge in [-0.05, 0) is 54.8 Å². The van der Waals surface area contributed by atoms with E-state index < -0.39 is 0 Å². The quantitative estimate of drug-likeness (QED) is 0.763. The van der Waals surface area contributed by atoms with Gasteiger partial charge in [-0.1, -0.05) is 36.4 Å². The topological polar surface area (TPSA) is 53.8 Å². The van der Waals surface area contributed by atoms with Crippen molar-refractivity contribution in [1.29, 1.82) is 0 Å². The molecule has 1 spiro atoms. The number of thioether (sulfide) groups is 1. The fourth-order valence-corrected chi connectivity index (χ4v) is 5.20. The van der Waals surface area contributed by atoms with Gasteiger partial charge in [0.2, 0.25) is 5.91 Å². The molecule has 2 aliphatic rings. The number of carbonyl (C=O) groups excluding carboxylic acids is 1. The second-order valence-corrected chi connectivity index (χ2v) is 9.00. The number of hydrogen-bond donors (Lipinski definition) is 1. The summed E-state index contributed by atoms with van der Waals surface area (Å²) in [5.41, 5.74) is 1.50. The fraction of sp³-hybridized carbons (Fsp3) is 0.381. The van der Waals surface area contributed by atoms with Crippen molar-refractivity contribution < 1.29 is 9.18 Å². The van der Waals surface area contributed by atoms with E-state index in [1.54, 1.807) is 23.5 Å². The minimum Gasteiger partial charge on any atom is -0.351 e. The SMILES string of the molecule is O=C(CSC1=NC2(CCCCC2)N=C1c1cccs1)NCc1ccc(F)cc1. The molecule has 1 fully saturated rings. The van der Waals surface area contributed by atoms with Gasteiger partial charge in [-0.2, -0.15) is 0 Å². The number of amides is 1. The smallest absolute Gasteiger partial charge is 0.230 e. The number of nitrogens with one attached hydrogen (secondary N) is 1. The van der Waals surface area contributed by atoms with Crippen LogP contribution in [0.3, 0.4) is 0 Å². The molecule has 7 heteroatoms. The number of hydrogen-bond acceptors (Lipinski definition) is 5. The molecule has 0 atom stereocenters. The lowest BCUT2D eigenvalue weighted by Crippen LogP contribution is -2.26. The third-order valence-electron chi connectivity index (χ3n) is 4.98. The third kappa shape index (κ3) is 4.52. The lowest BCUT2D eigenvalue weighted by molar-refractivity contribution is -0.118. The Bertz CT molecular complexity index is 885. The maximum Gasteiger partial charge on any atom is 0.230 e. The predicted molar refractivity (Wildman–Crippen MR) is 115 cm³/mol. The van der Waals surface area contributed by atoms with E-state index in [0.717, 1.165) is 46.9 Å². The molecule has 0 radical (unpaired) electrons. The first kappa shape index (κ1) is 19.3. The summed E-state index contributed by atoms with van der Waals surface area (Å²) in [4.78, 5) is 23.4. The van der Waals surface area contributed by atoms with Crippen LogP contribution in [0.25, 0.3) is 0 Å². The van der Waals surface area contributed by atoms with Crippen molar-refractivity contribution in [2.24, 2.45) is 9.98 Å². The molecule has 0 saturated heterocycles. The van der Waals surface area contributed by atoms with Gasteiger partial charge in [-0.25, -0.2) is 9.38 Å². The molecule has 4 nitrogen and oxygen atoms in total. The van der Waals surface area contributed by atoms with E-state index in [4.69, 9.17) is 9.98 Å².